The fourth-order valence-electron chi connectivity index (χ4n) is 4.39. The molecule has 7 heteroatoms. The number of nitrogens with zero attached hydrogens (tertiary/aromatic N) is 1. The minimum Gasteiger partial charge on any atom is -0.507 e. The summed E-state index contributed by atoms with van der Waals surface area (Å²) in [5.41, 5.74) is 1.26. The van der Waals surface area contributed by atoms with Crippen molar-refractivity contribution in [2.24, 2.45) is 0 Å². The van der Waals surface area contributed by atoms with E-state index in [0.29, 0.717) is 40.4 Å². The molecule has 1 fully saturated rings. The summed E-state index contributed by atoms with van der Waals surface area (Å²) in [6.45, 7) is 3.25. The Morgan fingerprint density at radius 3 is 2.47 bits per heavy atom. The van der Waals surface area contributed by atoms with Gasteiger partial charge in [-0.2, -0.15) is 0 Å². The van der Waals surface area contributed by atoms with Gasteiger partial charge in [-0.25, -0.2) is 0 Å². The molecule has 0 radical (unpaired) electrons. The van der Waals surface area contributed by atoms with Crippen LogP contribution in [0.5, 0.6) is 23.0 Å². The number of fused-ring (bicyclic) bond motifs is 1. The molecule has 1 aliphatic rings. The predicted molar refractivity (Wildman–Crippen MR) is 131 cm³/mol. The number of rotatable bonds is 9. The van der Waals surface area contributed by atoms with Crippen molar-refractivity contribution in [1.29, 1.82) is 0 Å². The standard InChI is InChI=1S/C27H31NO6/c1-31-24-20-13-17-33-25(20)27(32-2)26(34-18-16-28-14-7-3-4-8-15-28)23(24)22(30)12-11-19-9-5-6-10-21(19)29/h5-6,9-13,17,29H,3-4,7-8,14-16,18H2,1-2H3/b12-11+. The third-order valence-electron chi connectivity index (χ3n) is 6.13. The van der Waals surface area contributed by atoms with Gasteiger partial charge in [0.25, 0.3) is 0 Å². The molecule has 2 heterocycles. The van der Waals surface area contributed by atoms with Crippen LogP contribution in [0, 0.1) is 0 Å². The maximum absolute atomic E-state index is 13.4. The summed E-state index contributed by atoms with van der Waals surface area (Å²) in [4.78, 5) is 15.8. The second-order valence-electron chi connectivity index (χ2n) is 8.29. The molecule has 34 heavy (non-hydrogen) atoms. The summed E-state index contributed by atoms with van der Waals surface area (Å²) in [5.74, 6) is 0.780. The highest BCUT2D eigenvalue weighted by atomic mass is 16.5. The lowest BCUT2D eigenvalue weighted by atomic mass is 10.0. The monoisotopic (exact) mass is 465 g/mol. The average molecular weight is 466 g/mol. The molecule has 0 saturated carbocycles. The molecule has 180 valence electrons. The number of carbonyl (C=O) groups is 1. The second-order valence-corrected chi connectivity index (χ2v) is 8.29. The van der Waals surface area contributed by atoms with Crippen LogP contribution in [0.1, 0.15) is 41.6 Å². The lowest BCUT2D eigenvalue weighted by Gasteiger charge is -2.22. The molecule has 0 unspecified atom stereocenters. The van der Waals surface area contributed by atoms with Crippen LogP contribution >= 0.6 is 0 Å². The van der Waals surface area contributed by atoms with Crippen molar-refractivity contribution in [3.05, 3.63) is 53.8 Å². The van der Waals surface area contributed by atoms with E-state index in [-0.39, 0.29) is 17.1 Å². The number of ether oxygens (including phenoxy) is 3. The van der Waals surface area contributed by atoms with E-state index >= 15 is 0 Å². The molecule has 2 aromatic carbocycles. The van der Waals surface area contributed by atoms with Crippen molar-refractivity contribution in [3.8, 4) is 23.0 Å². The van der Waals surface area contributed by atoms with E-state index in [0.717, 1.165) is 19.6 Å². The number of ketones is 1. The van der Waals surface area contributed by atoms with Crippen molar-refractivity contribution in [3.63, 3.8) is 0 Å². The van der Waals surface area contributed by atoms with Gasteiger partial charge in [-0.05, 0) is 50.2 Å². The Morgan fingerprint density at radius 2 is 1.76 bits per heavy atom. The van der Waals surface area contributed by atoms with Crippen LogP contribution in [-0.4, -0.2) is 56.3 Å². The van der Waals surface area contributed by atoms with Gasteiger partial charge in [-0.1, -0.05) is 31.0 Å². The fraction of sp³-hybridized carbons (Fsp3) is 0.370. The molecular formula is C27H31NO6. The van der Waals surface area contributed by atoms with Gasteiger partial charge in [0.2, 0.25) is 5.75 Å². The van der Waals surface area contributed by atoms with Gasteiger partial charge < -0.3 is 23.7 Å². The Kier molecular flexibility index (Phi) is 7.75. The fourth-order valence-corrected chi connectivity index (χ4v) is 4.39. The first-order valence-corrected chi connectivity index (χ1v) is 11.6. The molecule has 1 aliphatic heterocycles. The quantitative estimate of drug-likeness (QED) is 0.339. The average Bonchev–Trinajstić information content (AvgIpc) is 3.18. The van der Waals surface area contributed by atoms with E-state index in [9.17, 15) is 9.90 Å². The highest BCUT2D eigenvalue weighted by Crippen LogP contribution is 2.46. The highest BCUT2D eigenvalue weighted by molar-refractivity contribution is 6.15. The number of para-hydroxylation sites is 1. The number of aromatic hydroxyl groups is 1. The summed E-state index contributed by atoms with van der Waals surface area (Å²) in [6.07, 6.45) is 9.42. The number of likely N-dealkylation sites (tertiary alicyclic amines) is 1. The van der Waals surface area contributed by atoms with Crippen molar-refractivity contribution in [1.82, 2.24) is 4.90 Å². The first kappa shape index (κ1) is 23.7. The smallest absolute Gasteiger partial charge is 0.205 e. The summed E-state index contributed by atoms with van der Waals surface area (Å²) >= 11 is 0. The Morgan fingerprint density at radius 1 is 1.03 bits per heavy atom. The van der Waals surface area contributed by atoms with Gasteiger partial charge in [0.05, 0.1) is 25.9 Å². The summed E-state index contributed by atoms with van der Waals surface area (Å²) in [6, 6.07) is 8.56. The molecule has 7 nitrogen and oxygen atoms in total. The van der Waals surface area contributed by atoms with Crippen LogP contribution in [0.25, 0.3) is 17.0 Å². The Bertz CT molecular complexity index is 1160. The van der Waals surface area contributed by atoms with Gasteiger partial charge in [-0.15, -0.1) is 0 Å². The number of methoxy groups -OCH3 is 2. The van der Waals surface area contributed by atoms with Crippen LogP contribution < -0.4 is 14.2 Å². The van der Waals surface area contributed by atoms with Crippen molar-refractivity contribution >= 4 is 22.8 Å². The SMILES string of the molecule is COc1c(C(=O)/C=C/c2ccccc2O)c(OCCN2CCCCCC2)c(OC)c2occc12. The topological polar surface area (TPSA) is 81.4 Å². The van der Waals surface area contributed by atoms with E-state index < -0.39 is 0 Å². The zero-order chi connectivity index (χ0) is 23.9. The number of hydrogen-bond donors (Lipinski definition) is 1. The Labute approximate surface area is 199 Å². The van der Waals surface area contributed by atoms with Gasteiger partial charge in [0, 0.05) is 12.1 Å². The van der Waals surface area contributed by atoms with Crippen LogP contribution in [0.2, 0.25) is 0 Å². The second kappa shape index (κ2) is 11.1. The molecule has 0 atom stereocenters. The number of phenolic OH excluding ortho intramolecular Hbond substituents is 1. The van der Waals surface area contributed by atoms with Gasteiger partial charge in [0.1, 0.15) is 23.7 Å². The van der Waals surface area contributed by atoms with E-state index in [4.69, 9.17) is 18.6 Å². The first-order valence-electron chi connectivity index (χ1n) is 11.6. The maximum atomic E-state index is 13.4. The summed E-state index contributed by atoms with van der Waals surface area (Å²) in [7, 11) is 3.04. The van der Waals surface area contributed by atoms with Gasteiger partial charge in [-0.3, -0.25) is 9.69 Å². The molecule has 0 spiro atoms. The zero-order valence-electron chi connectivity index (χ0n) is 19.7. The van der Waals surface area contributed by atoms with Gasteiger partial charge in [0.15, 0.2) is 17.1 Å². The molecule has 1 saturated heterocycles. The van der Waals surface area contributed by atoms with Crippen molar-refractivity contribution < 1.29 is 28.5 Å². The summed E-state index contributed by atoms with van der Waals surface area (Å²) < 4.78 is 23.2. The normalized spacial score (nSPS) is 14.9. The van der Waals surface area contributed by atoms with E-state index in [1.807, 2.05) is 0 Å². The van der Waals surface area contributed by atoms with Crippen molar-refractivity contribution in [2.75, 3.05) is 40.5 Å². The number of hydrogen-bond acceptors (Lipinski definition) is 7. The van der Waals surface area contributed by atoms with E-state index in [1.54, 1.807) is 36.4 Å². The van der Waals surface area contributed by atoms with Crippen LogP contribution in [0.3, 0.4) is 0 Å². The minimum absolute atomic E-state index is 0.0929. The number of benzene rings is 2. The maximum Gasteiger partial charge on any atom is 0.205 e. The summed E-state index contributed by atoms with van der Waals surface area (Å²) in [5, 5.41) is 10.7. The van der Waals surface area contributed by atoms with Crippen LogP contribution in [0.4, 0.5) is 0 Å². The molecule has 4 rings (SSSR count). The Balaban J connectivity index is 1.69. The minimum atomic E-state index is -0.328. The zero-order valence-corrected chi connectivity index (χ0v) is 19.7. The molecule has 1 aromatic heterocycles. The number of carbonyl (C=O) groups excluding carboxylic acids is 1. The largest absolute Gasteiger partial charge is 0.507 e. The third-order valence-corrected chi connectivity index (χ3v) is 6.13. The molecule has 0 aliphatic carbocycles. The number of furan rings is 1. The van der Waals surface area contributed by atoms with E-state index in [2.05, 4.69) is 4.90 Å². The molecule has 1 N–H and O–H groups in total. The predicted octanol–water partition coefficient (Wildman–Crippen LogP) is 5.31. The van der Waals surface area contributed by atoms with Gasteiger partial charge >= 0.3 is 0 Å². The lowest BCUT2D eigenvalue weighted by Crippen LogP contribution is -2.29. The number of allylic oxidation sites excluding steroid dienone is 1. The Hall–Kier alpha value is -3.45. The molecule has 0 bridgehead atoms. The van der Waals surface area contributed by atoms with Crippen molar-refractivity contribution in [2.45, 2.75) is 25.7 Å². The molecule has 3 aromatic rings. The first-order chi connectivity index (χ1) is 16.6. The van der Waals surface area contributed by atoms with Crippen LogP contribution in [-0.2, 0) is 0 Å². The highest BCUT2D eigenvalue weighted by Gasteiger charge is 2.28. The van der Waals surface area contributed by atoms with E-state index in [1.165, 1.54) is 52.2 Å². The molecule has 0 amide bonds. The third kappa shape index (κ3) is 5.04. The van der Waals surface area contributed by atoms with Crippen LogP contribution in [0.15, 0.2) is 47.1 Å². The molecular weight excluding hydrogens is 434 g/mol. The lowest BCUT2D eigenvalue weighted by molar-refractivity contribution is 0.103. The number of phenols is 1.